The molecule has 0 aliphatic carbocycles. The molecule has 4 aromatic rings. The molecule has 12 nitrogen and oxygen atoms in total. The van der Waals surface area contributed by atoms with E-state index in [2.05, 4.69) is 25.5 Å². The van der Waals surface area contributed by atoms with Crippen molar-refractivity contribution in [2.45, 2.75) is 36.0 Å². The predicted molar refractivity (Wildman–Crippen MR) is 137 cm³/mol. The molecule has 0 radical (unpaired) electrons. The van der Waals surface area contributed by atoms with Gasteiger partial charge in [-0.1, -0.05) is 42.1 Å². The monoisotopic (exact) mass is 541 g/mol. The normalized spacial score (nSPS) is 14.4. The van der Waals surface area contributed by atoms with Crippen molar-refractivity contribution in [1.29, 1.82) is 0 Å². The smallest absolute Gasteiger partial charge is 0.332 e. The predicted octanol–water partition coefficient (Wildman–Crippen LogP) is 0.819. The summed E-state index contributed by atoms with van der Waals surface area (Å²) < 4.78 is 28.0. The zero-order chi connectivity index (χ0) is 26.0. The molecule has 1 aromatic carbocycles. The van der Waals surface area contributed by atoms with E-state index in [1.807, 2.05) is 0 Å². The van der Waals surface area contributed by atoms with Crippen molar-refractivity contribution in [1.82, 2.24) is 34.6 Å². The number of nitrogens with one attached hydrogen (secondary N) is 2. The number of fused-ring (bicyclic) bond motifs is 2. The molecule has 0 bridgehead atoms. The standard InChI is InChI=1S/C23H23N7O5S2/c31-17(13-36-20-16-12-27-28-19(16)25-14-26-20)24-8-4-9-29-21(32)18(15-6-2-1-3-7-15)22-30(23(29)33)10-5-11-37(22,34)35/h1-3,6-7,12,14H,4-5,8-11,13H2,(H,24,31)(H,25,26,27,28). The molecule has 1 aliphatic heterocycles. The van der Waals surface area contributed by atoms with Gasteiger partial charge in [0.15, 0.2) is 20.5 Å². The number of nitrogens with zero attached hydrogens (tertiary/aromatic N) is 5. The number of aromatic nitrogens is 6. The molecule has 0 unspecified atom stereocenters. The van der Waals surface area contributed by atoms with Crippen LogP contribution in [0.1, 0.15) is 12.8 Å². The SMILES string of the molecule is O=C(CSc1ncnc2[nH]ncc12)NCCCn1c(=O)c(-c2ccccc2)c2n(c1=O)CCCS2(=O)=O. The average Bonchev–Trinajstić information content (AvgIpc) is 3.37. The summed E-state index contributed by atoms with van der Waals surface area (Å²) in [5, 5.41) is 10.6. The van der Waals surface area contributed by atoms with Crippen LogP contribution in [0, 0.1) is 0 Å². The van der Waals surface area contributed by atoms with Gasteiger partial charge in [-0.2, -0.15) is 5.10 Å². The largest absolute Gasteiger partial charge is 0.355 e. The van der Waals surface area contributed by atoms with Crippen LogP contribution in [0.5, 0.6) is 0 Å². The van der Waals surface area contributed by atoms with Crippen LogP contribution in [-0.4, -0.2) is 61.7 Å². The van der Waals surface area contributed by atoms with Crippen LogP contribution in [0.4, 0.5) is 0 Å². The van der Waals surface area contributed by atoms with Gasteiger partial charge in [-0.25, -0.2) is 23.2 Å². The maximum atomic E-state index is 13.4. The summed E-state index contributed by atoms with van der Waals surface area (Å²) in [4.78, 5) is 47.1. The van der Waals surface area contributed by atoms with Crippen LogP contribution >= 0.6 is 11.8 Å². The number of hydrogen-bond acceptors (Lipinski definition) is 9. The number of aromatic amines is 1. The molecule has 4 heterocycles. The van der Waals surface area contributed by atoms with E-state index in [1.54, 1.807) is 36.5 Å². The summed E-state index contributed by atoms with van der Waals surface area (Å²) >= 11 is 1.25. The molecule has 0 saturated carbocycles. The number of H-pyrrole nitrogens is 1. The van der Waals surface area contributed by atoms with Crippen molar-refractivity contribution in [2.75, 3.05) is 18.1 Å². The number of amides is 1. The van der Waals surface area contributed by atoms with E-state index in [-0.39, 0.29) is 47.6 Å². The molecule has 14 heteroatoms. The van der Waals surface area contributed by atoms with Gasteiger partial charge in [-0.15, -0.1) is 0 Å². The van der Waals surface area contributed by atoms with Crippen molar-refractivity contribution in [3.63, 3.8) is 0 Å². The molecule has 37 heavy (non-hydrogen) atoms. The number of hydrogen-bond donors (Lipinski definition) is 2. The van der Waals surface area contributed by atoms with Crippen LogP contribution in [0.15, 0.2) is 62.5 Å². The van der Waals surface area contributed by atoms with Gasteiger partial charge in [0.05, 0.1) is 28.7 Å². The Morgan fingerprint density at radius 1 is 1.16 bits per heavy atom. The van der Waals surface area contributed by atoms with Gasteiger partial charge in [-0.3, -0.25) is 23.8 Å². The van der Waals surface area contributed by atoms with E-state index in [0.717, 1.165) is 9.95 Å². The molecule has 0 spiro atoms. The fourth-order valence-electron chi connectivity index (χ4n) is 4.27. The molecular weight excluding hydrogens is 518 g/mol. The molecule has 5 rings (SSSR count). The second kappa shape index (κ2) is 10.3. The van der Waals surface area contributed by atoms with E-state index >= 15 is 0 Å². The van der Waals surface area contributed by atoms with Gasteiger partial charge in [0.1, 0.15) is 11.4 Å². The van der Waals surface area contributed by atoms with Crippen LogP contribution < -0.4 is 16.6 Å². The minimum Gasteiger partial charge on any atom is -0.355 e. The van der Waals surface area contributed by atoms with Crippen LogP contribution in [-0.2, 0) is 27.7 Å². The Balaban J connectivity index is 1.30. The first-order valence-electron chi connectivity index (χ1n) is 11.6. The van der Waals surface area contributed by atoms with E-state index in [9.17, 15) is 22.8 Å². The van der Waals surface area contributed by atoms with Crippen molar-refractivity contribution in [3.8, 4) is 11.1 Å². The second-order valence-corrected chi connectivity index (χ2v) is 11.4. The summed E-state index contributed by atoms with van der Waals surface area (Å²) in [6, 6.07) is 8.50. The Morgan fingerprint density at radius 2 is 1.97 bits per heavy atom. The fourth-order valence-corrected chi connectivity index (χ4v) is 6.79. The maximum absolute atomic E-state index is 13.4. The molecule has 192 valence electrons. The topological polar surface area (TPSA) is 162 Å². The van der Waals surface area contributed by atoms with E-state index in [0.29, 0.717) is 29.1 Å². The highest BCUT2D eigenvalue weighted by Gasteiger charge is 2.32. The molecular formula is C23H23N7O5S2. The average molecular weight is 542 g/mol. The summed E-state index contributed by atoms with van der Waals surface area (Å²) in [5.74, 6) is -0.221. The molecule has 0 fully saturated rings. The number of thioether (sulfide) groups is 1. The Hall–Kier alpha value is -3.78. The molecule has 2 N–H and O–H groups in total. The van der Waals surface area contributed by atoms with Crippen molar-refractivity contribution < 1.29 is 13.2 Å². The van der Waals surface area contributed by atoms with Crippen LogP contribution in [0.25, 0.3) is 22.2 Å². The molecule has 1 aliphatic rings. The van der Waals surface area contributed by atoms with Crippen LogP contribution in [0.2, 0.25) is 0 Å². The van der Waals surface area contributed by atoms with E-state index in [1.165, 1.54) is 22.7 Å². The summed E-state index contributed by atoms with van der Waals surface area (Å²) in [6.07, 6.45) is 3.60. The first-order chi connectivity index (χ1) is 17.9. The minimum absolute atomic E-state index is 0.00995. The molecule has 0 saturated heterocycles. The molecule has 0 atom stereocenters. The number of rotatable bonds is 8. The Morgan fingerprint density at radius 3 is 2.78 bits per heavy atom. The summed E-state index contributed by atoms with van der Waals surface area (Å²) in [5.41, 5.74) is -0.268. The lowest BCUT2D eigenvalue weighted by atomic mass is 10.1. The highest BCUT2D eigenvalue weighted by Crippen LogP contribution is 2.27. The van der Waals surface area contributed by atoms with Gasteiger partial charge < -0.3 is 5.32 Å². The lowest BCUT2D eigenvalue weighted by Crippen LogP contribution is -2.45. The first kappa shape index (κ1) is 24.9. The lowest BCUT2D eigenvalue weighted by Gasteiger charge is -2.23. The van der Waals surface area contributed by atoms with Crippen molar-refractivity contribution >= 4 is 38.5 Å². The minimum atomic E-state index is -3.78. The molecule has 1 amide bonds. The number of carbonyl (C=O) groups excluding carboxylic acids is 1. The lowest BCUT2D eigenvalue weighted by molar-refractivity contribution is -0.118. The number of sulfone groups is 1. The Bertz CT molecular complexity index is 1690. The second-order valence-electron chi connectivity index (χ2n) is 8.41. The van der Waals surface area contributed by atoms with Gasteiger partial charge in [0.25, 0.3) is 5.56 Å². The third-order valence-corrected chi connectivity index (χ3v) is 8.81. The third-order valence-electron chi connectivity index (χ3n) is 5.96. The van der Waals surface area contributed by atoms with Gasteiger partial charge in [-0.05, 0) is 18.4 Å². The highest BCUT2D eigenvalue weighted by molar-refractivity contribution is 8.00. The number of benzene rings is 1. The van der Waals surface area contributed by atoms with E-state index < -0.39 is 21.1 Å². The zero-order valence-electron chi connectivity index (χ0n) is 19.6. The zero-order valence-corrected chi connectivity index (χ0v) is 21.2. The summed E-state index contributed by atoms with van der Waals surface area (Å²) in [7, 11) is -3.78. The maximum Gasteiger partial charge on any atom is 0.332 e. The van der Waals surface area contributed by atoms with Gasteiger partial charge >= 0.3 is 5.69 Å². The fraction of sp³-hybridized carbons (Fsp3) is 0.304. The van der Waals surface area contributed by atoms with Gasteiger partial charge in [0.2, 0.25) is 5.91 Å². The number of carbonyl (C=O) groups is 1. The quantitative estimate of drug-likeness (QED) is 0.187. The highest BCUT2D eigenvalue weighted by atomic mass is 32.2. The van der Waals surface area contributed by atoms with Crippen LogP contribution in [0.3, 0.4) is 0 Å². The van der Waals surface area contributed by atoms with Crippen molar-refractivity contribution in [3.05, 3.63) is 63.7 Å². The third kappa shape index (κ3) is 4.93. The van der Waals surface area contributed by atoms with E-state index in [4.69, 9.17) is 0 Å². The van der Waals surface area contributed by atoms with Gasteiger partial charge in [0, 0.05) is 19.6 Å². The first-order valence-corrected chi connectivity index (χ1v) is 14.2. The van der Waals surface area contributed by atoms with Crippen molar-refractivity contribution in [2.24, 2.45) is 0 Å². The Kier molecular flexibility index (Phi) is 6.93. The molecule has 3 aromatic heterocycles. The Labute approximate surface area is 215 Å². The summed E-state index contributed by atoms with van der Waals surface area (Å²) in [6.45, 7) is 0.484.